The molecule has 1 aliphatic rings. The number of rotatable bonds is 9. The van der Waals surface area contributed by atoms with Gasteiger partial charge in [0.1, 0.15) is 0 Å². The maximum atomic E-state index is 5.41. The van der Waals surface area contributed by atoms with Gasteiger partial charge in [-0.1, -0.05) is 36.4 Å². The Balaban J connectivity index is 1.36. The summed E-state index contributed by atoms with van der Waals surface area (Å²) in [5.41, 5.74) is 2.75. The van der Waals surface area contributed by atoms with Crippen LogP contribution in [0.5, 0.6) is 11.5 Å². The molecular formula is C23H32N2O2. The second-order valence-electron chi connectivity index (χ2n) is 7.21. The van der Waals surface area contributed by atoms with Crippen molar-refractivity contribution < 1.29 is 9.47 Å². The van der Waals surface area contributed by atoms with Crippen LogP contribution in [0.4, 0.5) is 0 Å². The number of nitrogens with zero attached hydrogens (tertiary/aromatic N) is 2. The molecule has 0 unspecified atom stereocenters. The van der Waals surface area contributed by atoms with Gasteiger partial charge in [-0.3, -0.25) is 0 Å². The molecule has 0 aliphatic carbocycles. The van der Waals surface area contributed by atoms with E-state index < -0.39 is 0 Å². The molecule has 1 heterocycles. The van der Waals surface area contributed by atoms with Crippen molar-refractivity contribution in [1.29, 1.82) is 0 Å². The molecular weight excluding hydrogens is 335 g/mol. The number of piperazine rings is 1. The first-order valence-corrected chi connectivity index (χ1v) is 9.98. The van der Waals surface area contributed by atoms with Crippen molar-refractivity contribution >= 4 is 0 Å². The van der Waals surface area contributed by atoms with Crippen molar-refractivity contribution in [1.82, 2.24) is 9.80 Å². The Labute approximate surface area is 163 Å². The van der Waals surface area contributed by atoms with E-state index in [4.69, 9.17) is 9.47 Å². The Kier molecular flexibility index (Phi) is 7.55. The normalized spacial score (nSPS) is 15.6. The van der Waals surface area contributed by atoms with Crippen molar-refractivity contribution in [2.75, 3.05) is 53.5 Å². The highest BCUT2D eigenvalue weighted by atomic mass is 16.5. The minimum absolute atomic E-state index is 0.797. The summed E-state index contributed by atoms with van der Waals surface area (Å²) < 4.78 is 10.7. The maximum absolute atomic E-state index is 5.41. The first-order chi connectivity index (χ1) is 13.3. The van der Waals surface area contributed by atoms with Gasteiger partial charge in [0.05, 0.1) is 14.2 Å². The van der Waals surface area contributed by atoms with E-state index >= 15 is 0 Å². The standard InChI is InChI=1S/C23H32N2O2/c1-26-22-11-10-21(19-23(22)27-2)12-14-25-17-15-24(16-18-25)13-6-9-20-7-4-3-5-8-20/h3-5,7-8,10-11,19H,6,9,12-18H2,1-2H3/i1-1. The zero-order chi connectivity index (χ0) is 18.9. The van der Waals surface area contributed by atoms with Crippen molar-refractivity contribution in [3.05, 3.63) is 59.7 Å². The van der Waals surface area contributed by atoms with E-state index in [2.05, 4.69) is 52.3 Å². The van der Waals surface area contributed by atoms with E-state index in [9.17, 15) is 0 Å². The highest BCUT2D eigenvalue weighted by molar-refractivity contribution is 5.42. The van der Waals surface area contributed by atoms with E-state index in [1.54, 1.807) is 14.2 Å². The predicted molar refractivity (Wildman–Crippen MR) is 111 cm³/mol. The molecule has 2 aromatic carbocycles. The average Bonchev–Trinajstić information content (AvgIpc) is 2.73. The van der Waals surface area contributed by atoms with Crippen LogP contribution >= 0.6 is 0 Å². The highest BCUT2D eigenvalue weighted by Crippen LogP contribution is 2.27. The van der Waals surface area contributed by atoms with Gasteiger partial charge in [-0.15, -0.1) is 0 Å². The van der Waals surface area contributed by atoms with Gasteiger partial charge in [0.15, 0.2) is 11.5 Å². The molecule has 0 bridgehead atoms. The van der Waals surface area contributed by atoms with Crippen molar-refractivity contribution in [3.8, 4) is 11.5 Å². The lowest BCUT2D eigenvalue weighted by atomic mass is 10.1. The fraction of sp³-hybridized carbons (Fsp3) is 0.478. The van der Waals surface area contributed by atoms with Crippen LogP contribution in [0.3, 0.4) is 0 Å². The molecule has 4 heteroatoms. The number of aryl methyl sites for hydroxylation is 1. The highest BCUT2D eigenvalue weighted by Gasteiger charge is 2.16. The van der Waals surface area contributed by atoms with Gasteiger partial charge in [0.25, 0.3) is 0 Å². The van der Waals surface area contributed by atoms with Crippen LogP contribution in [0, 0.1) is 0 Å². The quantitative estimate of drug-likeness (QED) is 0.677. The molecule has 3 rings (SSSR count). The first kappa shape index (κ1) is 19.7. The van der Waals surface area contributed by atoms with Crippen LogP contribution in [-0.4, -0.2) is 63.3 Å². The summed E-state index contributed by atoms with van der Waals surface area (Å²) in [5, 5.41) is 0. The lowest BCUT2D eigenvalue weighted by Gasteiger charge is -2.34. The van der Waals surface area contributed by atoms with E-state index in [0.29, 0.717) is 0 Å². The first-order valence-electron chi connectivity index (χ1n) is 9.98. The minimum Gasteiger partial charge on any atom is -0.493 e. The van der Waals surface area contributed by atoms with Crippen LogP contribution in [0.25, 0.3) is 0 Å². The molecule has 146 valence electrons. The lowest BCUT2D eigenvalue weighted by Crippen LogP contribution is -2.47. The number of benzene rings is 2. The van der Waals surface area contributed by atoms with Crippen molar-refractivity contribution in [3.63, 3.8) is 0 Å². The Bertz CT molecular complexity index is 682. The maximum Gasteiger partial charge on any atom is 0.160 e. The van der Waals surface area contributed by atoms with Gasteiger partial charge in [-0.25, -0.2) is 0 Å². The summed E-state index contributed by atoms with van der Waals surface area (Å²) in [6.07, 6.45) is 3.48. The van der Waals surface area contributed by atoms with Gasteiger partial charge >= 0.3 is 0 Å². The number of ether oxygens (including phenoxy) is 2. The van der Waals surface area contributed by atoms with Gasteiger partial charge in [-0.2, -0.15) is 0 Å². The molecule has 0 saturated carbocycles. The monoisotopic (exact) mass is 367 g/mol. The SMILES string of the molecule is COc1cc(CCN2CCN(CCCc3ccccc3)CC2)ccc1O[11CH3]. The third-order valence-corrected chi connectivity index (χ3v) is 5.41. The average molecular weight is 368 g/mol. The molecule has 0 atom stereocenters. The third kappa shape index (κ3) is 5.98. The van der Waals surface area contributed by atoms with E-state index in [1.165, 1.54) is 56.7 Å². The van der Waals surface area contributed by atoms with Crippen LogP contribution in [0.2, 0.25) is 0 Å². The second-order valence-corrected chi connectivity index (χ2v) is 7.21. The van der Waals surface area contributed by atoms with Gasteiger partial charge < -0.3 is 19.3 Å². The summed E-state index contributed by atoms with van der Waals surface area (Å²) in [6, 6.07) is 17.0. The van der Waals surface area contributed by atoms with Crippen LogP contribution in [0.15, 0.2) is 48.5 Å². The smallest absolute Gasteiger partial charge is 0.160 e. The molecule has 1 saturated heterocycles. The molecule has 0 N–H and O–H groups in total. The van der Waals surface area contributed by atoms with E-state index in [-0.39, 0.29) is 0 Å². The molecule has 0 radical (unpaired) electrons. The number of methoxy groups -OCH3 is 2. The molecule has 0 spiro atoms. The molecule has 4 nitrogen and oxygen atoms in total. The zero-order valence-corrected chi connectivity index (χ0v) is 16.7. The fourth-order valence-corrected chi connectivity index (χ4v) is 3.71. The summed E-state index contributed by atoms with van der Waals surface area (Å²) in [6.45, 7) is 7.00. The topological polar surface area (TPSA) is 24.9 Å². The Morgan fingerprint density at radius 2 is 1.37 bits per heavy atom. The lowest BCUT2D eigenvalue weighted by molar-refractivity contribution is 0.132. The molecule has 1 aliphatic heterocycles. The predicted octanol–water partition coefficient (Wildman–Crippen LogP) is 3.50. The van der Waals surface area contributed by atoms with E-state index in [1.807, 2.05) is 6.07 Å². The van der Waals surface area contributed by atoms with Crippen LogP contribution in [-0.2, 0) is 12.8 Å². The van der Waals surface area contributed by atoms with Crippen LogP contribution < -0.4 is 9.47 Å². The zero-order valence-electron chi connectivity index (χ0n) is 16.7. The molecule has 0 amide bonds. The van der Waals surface area contributed by atoms with Crippen molar-refractivity contribution in [2.24, 2.45) is 0 Å². The third-order valence-electron chi connectivity index (χ3n) is 5.41. The summed E-state index contributed by atoms with van der Waals surface area (Å²) in [4.78, 5) is 5.18. The Hall–Kier alpha value is -2.04. The fourth-order valence-electron chi connectivity index (χ4n) is 3.71. The number of hydrogen-bond acceptors (Lipinski definition) is 4. The Morgan fingerprint density at radius 3 is 2.04 bits per heavy atom. The molecule has 27 heavy (non-hydrogen) atoms. The largest absolute Gasteiger partial charge is 0.493 e. The summed E-state index contributed by atoms with van der Waals surface area (Å²) >= 11 is 0. The minimum atomic E-state index is 0.797. The van der Waals surface area contributed by atoms with Crippen molar-refractivity contribution in [2.45, 2.75) is 19.3 Å². The molecule has 2 aromatic rings. The molecule has 0 aromatic heterocycles. The van der Waals surface area contributed by atoms with Gasteiger partial charge in [0, 0.05) is 32.7 Å². The van der Waals surface area contributed by atoms with Gasteiger partial charge in [0.2, 0.25) is 0 Å². The van der Waals surface area contributed by atoms with Gasteiger partial charge in [-0.05, 0) is 49.1 Å². The Morgan fingerprint density at radius 1 is 0.704 bits per heavy atom. The van der Waals surface area contributed by atoms with E-state index in [0.717, 1.165) is 24.5 Å². The van der Waals surface area contributed by atoms with Crippen LogP contribution in [0.1, 0.15) is 17.5 Å². The number of hydrogen-bond donors (Lipinski definition) is 0. The summed E-state index contributed by atoms with van der Waals surface area (Å²) in [5.74, 6) is 1.61. The second kappa shape index (κ2) is 10.3. The molecule has 1 fully saturated rings. The summed E-state index contributed by atoms with van der Waals surface area (Å²) in [7, 11) is 3.37.